The van der Waals surface area contributed by atoms with Crippen LogP contribution in [0.2, 0.25) is 0 Å². The second kappa shape index (κ2) is 9.03. The summed E-state index contributed by atoms with van der Waals surface area (Å²) in [5.74, 6) is 1.59. The van der Waals surface area contributed by atoms with Crippen LogP contribution in [-0.2, 0) is 26.2 Å². The number of amides is 3. The van der Waals surface area contributed by atoms with Crippen molar-refractivity contribution < 1.29 is 24.2 Å². The summed E-state index contributed by atoms with van der Waals surface area (Å²) >= 11 is 0. The van der Waals surface area contributed by atoms with E-state index >= 15 is 0 Å². The lowest BCUT2D eigenvalue weighted by Gasteiger charge is -2.59. The molecule has 3 aliphatic carbocycles. The summed E-state index contributed by atoms with van der Waals surface area (Å²) < 4.78 is 6.71. The van der Waals surface area contributed by atoms with Gasteiger partial charge in [0, 0.05) is 37.0 Å². The molecule has 6 rings (SSSR count). The number of piperidine rings is 1. The molecule has 36 heavy (non-hydrogen) atoms. The second-order valence-corrected chi connectivity index (χ2v) is 11.4. The molecule has 2 heterocycles. The number of nitrogens with zero attached hydrogens (tertiary/aromatic N) is 1. The van der Waals surface area contributed by atoms with E-state index in [-0.39, 0.29) is 42.3 Å². The normalized spacial score (nSPS) is 32.6. The van der Waals surface area contributed by atoms with Crippen molar-refractivity contribution in [3.8, 4) is 5.75 Å². The summed E-state index contributed by atoms with van der Waals surface area (Å²) in [5, 5.41) is 18.8. The molecule has 4 N–H and O–H groups in total. The predicted octanol–water partition coefficient (Wildman–Crippen LogP) is 1.08. The van der Waals surface area contributed by atoms with Crippen molar-refractivity contribution in [1.82, 2.24) is 15.5 Å². The minimum absolute atomic E-state index is 0.0490. The van der Waals surface area contributed by atoms with Crippen LogP contribution in [0.3, 0.4) is 0 Å². The zero-order chi connectivity index (χ0) is 25.0. The van der Waals surface area contributed by atoms with Gasteiger partial charge in [0.05, 0.1) is 24.3 Å². The highest BCUT2D eigenvalue weighted by atomic mass is 16.5. The third-order valence-corrected chi connectivity index (χ3v) is 9.21. The molecule has 3 fully saturated rings. The van der Waals surface area contributed by atoms with Crippen LogP contribution in [0, 0.1) is 11.8 Å². The number of ether oxygens (including phenoxy) is 1. The Kier molecular flexibility index (Phi) is 5.95. The number of carbonyl (C=O) groups is 3. The fourth-order valence-corrected chi connectivity index (χ4v) is 7.64. The van der Waals surface area contributed by atoms with Crippen LogP contribution in [-0.4, -0.2) is 72.2 Å². The largest absolute Gasteiger partial charge is 0.485 e. The summed E-state index contributed by atoms with van der Waals surface area (Å²) in [6.45, 7) is 3.64. The molecular formula is C27H36N4O5. The van der Waals surface area contributed by atoms with Gasteiger partial charge in [-0.3, -0.25) is 19.3 Å². The summed E-state index contributed by atoms with van der Waals surface area (Å²) in [7, 11) is 0. The van der Waals surface area contributed by atoms with Crippen LogP contribution in [0.5, 0.6) is 5.75 Å². The van der Waals surface area contributed by atoms with Gasteiger partial charge in [0.1, 0.15) is 11.9 Å². The van der Waals surface area contributed by atoms with Crippen molar-refractivity contribution in [3.05, 3.63) is 23.3 Å². The quantitative estimate of drug-likeness (QED) is 0.380. The average molecular weight is 497 g/mol. The number of hydrogen-bond donors (Lipinski definition) is 4. The molecule has 1 spiro atoms. The topological polar surface area (TPSA) is 120 Å². The van der Waals surface area contributed by atoms with Crippen molar-refractivity contribution in [2.75, 3.05) is 25.0 Å². The summed E-state index contributed by atoms with van der Waals surface area (Å²) in [6, 6.07) is 4.40. The van der Waals surface area contributed by atoms with Crippen LogP contribution in [0.4, 0.5) is 5.69 Å². The zero-order valence-corrected chi connectivity index (χ0v) is 20.8. The van der Waals surface area contributed by atoms with Gasteiger partial charge in [-0.1, -0.05) is 6.07 Å². The lowest BCUT2D eigenvalue weighted by atomic mass is 9.51. The highest BCUT2D eigenvalue weighted by Gasteiger charge is 2.66. The molecular weight excluding hydrogens is 460 g/mol. The van der Waals surface area contributed by atoms with E-state index in [1.807, 2.05) is 6.07 Å². The van der Waals surface area contributed by atoms with E-state index in [2.05, 4.69) is 26.9 Å². The lowest BCUT2D eigenvalue weighted by Crippen LogP contribution is -2.69. The van der Waals surface area contributed by atoms with Gasteiger partial charge in [-0.15, -0.1) is 0 Å². The smallest absolute Gasteiger partial charge is 0.223 e. The number of aliphatic hydroxyl groups excluding tert-OH is 1. The lowest BCUT2D eigenvalue weighted by molar-refractivity contribution is -0.127. The standard InChI is InChI=1S/C27H36N4O5/c1-15(33)28-12-18(34)11-23(35)30-21-7-5-19-22-10-17-4-6-20(29-14-32)25-24(17)27(19,26(21)36-25)8-9-31(22)13-16-2-3-16/h4,6,14,16,18-19,21-22,26,34H,2-3,5,7-13H2,1H3,(H,28,33)(H,29,32)(H,30,35)/t18?,19-,21+,22+,26-,27-/m0/s1. The Morgan fingerprint density at radius 2 is 2.11 bits per heavy atom. The first-order valence-corrected chi connectivity index (χ1v) is 13.4. The van der Waals surface area contributed by atoms with Crippen LogP contribution in [0.1, 0.15) is 56.6 Å². The number of benzene rings is 1. The molecule has 2 aliphatic heterocycles. The molecule has 1 aromatic rings. The number of nitrogens with one attached hydrogen (secondary N) is 3. The van der Waals surface area contributed by atoms with Gasteiger partial charge in [0.25, 0.3) is 0 Å². The number of aliphatic hydroxyl groups is 1. The van der Waals surface area contributed by atoms with E-state index in [1.165, 1.54) is 37.4 Å². The third-order valence-electron chi connectivity index (χ3n) is 9.21. The fourth-order valence-electron chi connectivity index (χ4n) is 7.64. The SMILES string of the molecule is CC(=O)NCC(O)CC(=O)N[C@@H]1CC[C@H]2[C@H]3Cc4ccc(NC=O)c5c4[C@@]2(CCN3CC2CC2)[C@H]1O5. The van der Waals surface area contributed by atoms with Crippen molar-refractivity contribution in [1.29, 1.82) is 0 Å². The molecule has 1 unspecified atom stereocenters. The molecule has 9 heteroatoms. The van der Waals surface area contributed by atoms with Gasteiger partial charge in [0.15, 0.2) is 0 Å². The van der Waals surface area contributed by atoms with Crippen LogP contribution in [0.15, 0.2) is 12.1 Å². The maximum Gasteiger partial charge on any atom is 0.223 e. The Labute approximate surface area is 211 Å². The Morgan fingerprint density at radius 3 is 2.86 bits per heavy atom. The number of rotatable bonds is 9. The minimum atomic E-state index is -0.940. The van der Waals surface area contributed by atoms with E-state index in [0.717, 1.165) is 43.9 Å². The molecule has 1 aromatic carbocycles. The molecule has 1 saturated heterocycles. The summed E-state index contributed by atoms with van der Waals surface area (Å²) in [4.78, 5) is 38.1. The molecule has 9 nitrogen and oxygen atoms in total. The molecule has 5 aliphatic rings. The van der Waals surface area contributed by atoms with Crippen LogP contribution < -0.4 is 20.7 Å². The van der Waals surface area contributed by atoms with E-state index in [4.69, 9.17) is 4.74 Å². The molecule has 6 atom stereocenters. The number of hydrogen-bond acceptors (Lipinski definition) is 6. The molecule has 0 aromatic heterocycles. The molecule has 194 valence electrons. The minimum Gasteiger partial charge on any atom is -0.485 e. The van der Waals surface area contributed by atoms with Gasteiger partial charge in [-0.2, -0.15) is 0 Å². The van der Waals surface area contributed by atoms with Gasteiger partial charge >= 0.3 is 0 Å². The predicted molar refractivity (Wildman–Crippen MR) is 133 cm³/mol. The molecule has 2 saturated carbocycles. The number of likely N-dealkylation sites (tertiary alicyclic amines) is 1. The highest BCUT2D eigenvalue weighted by molar-refractivity contribution is 5.80. The van der Waals surface area contributed by atoms with E-state index < -0.39 is 6.10 Å². The Balaban J connectivity index is 1.29. The first kappa shape index (κ1) is 23.7. The van der Waals surface area contributed by atoms with Crippen LogP contribution >= 0.6 is 0 Å². The Hall–Kier alpha value is -2.65. The van der Waals surface area contributed by atoms with Gasteiger partial charge in [-0.05, 0) is 68.5 Å². The average Bonchev–Trinajstić information content (AvgIpc) is 3.59. The third kappa shape index (κ3) is 3.87. The maximum atomic E-state index is 12.9. The number of carbonyl (C=O) groups excluding carboxylic acids is 3. The number of anilines is 1. The Morgan fingerprint density at radius 1 is 1.28 bits per heavy atom. The van der Waals surface area contributed by atoms with Crippen molar-refractivity contribution >= 4 is 23.9 Å². The molecule has 0 radical (unpaired) electrons. The van der Waals surface area contributed by atoms with Crippen molar-refractivity contribution in [3.63, 3.8) is 0 Å². The van der Waals surface area contributed by atoms with Gasteiger partial charge < -0.3 is 25.8 Å². The fraction of sp³-hybridized carbons (Fsp3) is 0.667. The summed E-state index contributed by atoms with van der Waals surface area (Å²) in [5.41, 5.74) is 3.07. The zero-order valence-electron chi connectivity index (χ0n) is 20.8. The first-order valence-electron chi connectivity index (χ1n) is 13.4. The summed E-state index contributed by atoms with van der Waals surface area (Å²) in [6.07, 6.45) is 5.97. The van der Waals surface area contributed by atoms with Gasteiger partial charge in [-0.25, -0.2) is 0 Å². The monoisotopic (exact) mass is 496 g/mol. The molecule has 3 amide bonds. The highest BCUT2D eigenvalue weighted by Crippen LogP contribution is 2.63. The van der Waals surface area contributed by atoms with Gasteiger partial charge in [0.2, 0.25) is 18.2 Å². The Bertz CT molecular complexity index is 1070. The van der Waals surface area contributed by atoms with Crippen molar-refractivity contribution in [2.45, 2.75) is 81.6 Å². The van der Waals surface area contributed by atoms with Crippen molar-refractivity contribution in [2.24, 2.45) is 11.8 Å². The first-order chi connectivity index (χ1) is 17.4. The van der Waals surface area contributed by atoms with E-state index in [9.17, 15) is 19.5 Å². The molecule has 2 bridgehead atoms. The maximum absolute atomic E-state index is 12.9. The van der Waals surface area contributed by atoms with E-state index in [1.54, 1.807) is 0 Å². The van der Waals surface area contributed by atoms with Crippen LogP contribution in [0.25, 0.3) is 0 Å². The second-order valence-electron chi connectivity index (χ2n) is 11.4. The van der Waals surface area contributed by atoms with E-state index in [0.29, 0.717) is 24.1 Å².